The Bertz CT molecular complexity index is 619. The van der Waals surface area contributed by atoms with Gasteiger partial charge in [-0.25, -0.2) is 0 Å². The van der Waals surface area contributed by atoms with Crippen molar-refractivity contribution in [3.05, 3.63) is 61.8 Å². The second-order valence-electron chi connectivity index (χ2n) is 3.96. The van der Waals surface area contributed by atoms with Gasteiger partial charge in [0.05, 0.1) is 16.1 Å². The zero-order valence-corrected chi connectivity index (χ0v) is 12.3. The van der Waals surface area contributed by atoms with E-state index in [0.29, 0.717) is 6.54 Å². The first kappa shape index (κ1) is 12.9. The van der Waals surface area contributed by atoms with Gasteiger partial charge in [-0.1, -0.05) is 22.8 Å². The molecule has 3 heterocycles. The van der Waals surface area contributed by atoms with E-state index in [-0.39, 0.29) is 6.04 Å². The van der Waals surface area contributed by atoms with Gasteiger partial charge in [-0.15, -0.1) is 22.7 Å². The molecule has 19 heavy (non-hydrogen) atoms. The number of hydrogen-bond donors (Lipinski definition) is 1. The summed E-state index contributed by atoms with van der Waals surface area (Å²) in [5.41, 5.74) is 0.893. The molecular weight excluding hydrogens is 300 g/mol. The van der Waals surface area contributed by atoms with Crippen molar-refractivity contribution in [1.29, 1.82) is 0 Å². The summed E-state index contributed by atoms with van der Waals surface area (Å²) in [6, 6.07) is 10.2. The minimum Gasteiger partial charge on any atom is -0.364 e. The number of nitrogens with zero attached hydrogens (tertiary/aromatic N) is 1. The Labute approximate surface area is 123 Å². The van der Waals surface area contributed by atoms with Gasteiger partial charge in [-0.05, 0) is 23.6 Å². The molecule has 0 amide bonds. The molecule has 0 aliphatic carbocycles. The monoisotopic (exact) mass is 310 g/mol. The van der Waals surface area contributed by atoms with E-state index in [1.165, 1.54) is 9.75 Å². The highest BCUT2D eigenvalue weighted by Crippen LogP contribution is 2.33. The fourth-order valence-electron chi connectivity index (χ4n) is 1.82. The van der Waals surface area contributed by atoms with Crippen LogP contribution in [0.4, 0.5) is 0 Å². The smallest absolute Gasteiger partial charge is 0.124 e. The minimum absolute atomic E-state index is 0.147. The maximum Gasteiger partial charge on any atom is 0.124 e. The van der Waals surface area contributed by atoms with Crippen LogP contribution >= 0.6 is 34.3 Å². The van der Waals surface area contributed by atoms with E-state index in [2.05, 4.69) is 34.1 Å². The molecule has 1 unspecified atom stereocenters. The molecule has 0 radical (unpaired) electrons. The number of hydrogen-bond acceptors (Lipinski definition) is 5. The second kappa shape index (κ2) is 5.88. The summed E-state index contributed by atoms with van der Waals surface area (Å²) in [4.78, 5) is 2.47. The lowest BCUT2D eigenvalue weighted by molar-refractivity contribution is 0.407. The summed E-state index contributed by atoms with van der Waals surface area (Å²) in [5.74, 6) is 0. The lowest BCUT2D eigenvalue weighted by atomic mass is 10.2. The summed E-state index contributed by atoms with van der Waals surface area (Å²) in [7, 11) is 0. The fourth-order valence-corrected chi connectivity index (χ4v) is 3.86. The van der Waals surface area contributed by atoms with Crippen molar-refractivity contribution in [2.45, 2.75) is 12.6 Å². The highest BCUT2D eigenvalue weighted by molar-refractivity contribution is 7.16. The Balaban J connectivity index is 1.80. The quantitative estimate of drug-likeness (QED) is 0.762. The van der Waals surface area contributed by atoms with E-state index < -0.39 is 0 Å². The van der Waals surface area contributed by atoms with Gasteiger partial charge in [0.1, 0.15) is 6.26 Å². The van der Waals surface area contributed by atoms with E-state index in [0.717, 1.165) is 10.0 Å². The molecule has 0 spiro atoms. The Morgan fingerprint density at radius 1 is 1.26 bits per heavy atom. The summed E-state index contributed by atoms with van der Waals surface area (Å²) < 4.78 is 5.65. The molecule has 1 N–H and O–H groups in total. The van der Waals surface area contributed by atoms with Gasteiger partial charge in [0.2, 0.25) is 0 Å². The normalized spacial score (nSPS) is 12.7. The van der Waals surface area contributed by atoms with Crippen LogP contribution in [0.2, 0.25) is 4.34 Å². The number of aromatic nitrogens is 1. The third kappa shape index (κ3) is 3.06. The first-order valence-corrected chi connectivity index (χ1v) is 7.81. The van der Waals surface area contributed by atoms with E-state index >= 15 is 0 Å². The van der Waals surface area contributed by atoms with Crippen LogP contribution in [0.5, 0.6) is 0 Å². The number of nitrogens with one attached hydrogen (secondary N) is 1. The van der Waals surface area contributed by atoms with Crippen LogP contribution < -0.4 is 5.32 Å². The average molecular weight is 311 g/mol. The maximum atomic E-state index is 6.03. The molecule has 0 aromatic carbocycles. The standard InChI is InChI=1S/C13H11ClN2OS2/c14-12-4-3-11(19-12)13(10-2-1-7-18-10)15-8-9-5-6-17-16-9/h1-7,13,15H,8H2. The SMILES string of the molecule is Clc1ccc(C(NCc2ccon2)c2cccs2)s1. The zero-order chi connectivity index (χ0) is 13.1. The summed E-state index contributed by atoms with van der Waals surface area (Å²) >= 11 is 9.36. The molecular formula is C13H11ClN2OS2. The molecule has 0 fully saturated rings. The van der Waals surface area contributed by atoms with E-state index in [4.69, 9.17) is 16.1 Å². The molecule has 3 aromatic rings. The van der Waals surface area contributed by atoms with Crippen LogP contribution in [0.25, 0.3) is 0 Å². The molecule has 6 heteroatoms. The van der Waals surface area contributed by atoms with Gasteiger partial charge >= 0.3 is 0 Å². The Morgan fingerprint density at radius 3 is 2.84 bits per heavy atom. The summed E-state index contributed by atoms with van der Waals surface area (Å²) in [6.07, 6.45) is 1.58. The Morgan fingerprint density at radius 2 is 2.21 bits per heavy atom. The Kier molecular flexibility index (Phi) is 3.98. The van der Waals surface area contributed by atoms with E-state index in [9.17, 15) is 0 Å². The van der Waals surface area contributed by atoms with Crippen LogP contribution in [0, 0.1) is 0 Å². The van der Waals surface area contributed by atoms with E-state index in [1.54, 1.807) is 28.9 Å². The average Bonchev–Trinajstić information content (AvgIpc) is 3.11. The van der Waals surface area contributed by atoms with Gasteiger partial charge in [0, 0.05) is 22.4 Å². The summed E-state index contributed by atoms with van der Waals surface area (Å²) in [6.45, 7) is 0.661. The molecule has 0 saturated heterocycles. The molecule has 3 nitrogen and oxygen atoms in total. The zero-order valence-electron chi connectivity index (χ0n) is 9.88. The minimum atomic E-state index is 0.147. The topological polar surface area (TPSA) is 38.1 Å². The van der Waals surface area contributed by atoms with Crippen molar-refractivity contribution >= 4 is 34.3 Å². The van der Waals surface area contributed by atoms with Gasteiger partial charge in [-0.2, -0.15) is 0 Å². The molecule has 1 atom stereocenters. The van der Waals surface area contributed by atoms with Crippen LogP contribution in [-0.4, -0.2) is 5.16 Å². The van der Waals surface area contributed by atoms with Gasteiger partial charge < -0.3 is 4.52 Å². The van der Waals surface area contributed by atoms with Crippen molar-refractivity contribution < 1.29 is 4.52 Å². The van der Waals surface area contributed by atoms with Crippen LogP contribution in [0.15, 0.2) is 46.5 Å². The molecule has 3 aromatic heterocycles. The molecule has 0 saturated carbocycles. The number of halogens is 1. The molecule has 0 bridgehead atoms. The first-order chi connectivity index (χ1) is 9.33. The molecule has 98 valence electrons. The maximum absolute atomic E-state index is 6.03. The van der Waals surface area contributed by atoms with Gasteiger partial charge in [0.25, 0.3) is 0 Å². The van der Waals surface area contributed by atoms with Crippen molar-refractivity contribution in [2.24, 2.45) is 0 Å². The van der Waals surface area contributed by atoms with Crippen molar-refractivity contribution in [2.75, 3.05) is 0 Å². The highest BCUT2D eigenvalue weighted by atomic mass is 35.5. The number of rotatable bonds is 5. The van der Waals surface area contributed by atoms with Gasteiger partial charge in [-0.3, -0.25) is 5.32 Å². The molecule has 0 aliphatic rings. The third-order valence-corrected chi connectivity index (χ3v) is 4.92. The van der Waals surface area contributed by atoms with Crippen LogP contribution in [-0.2, 0) is 6.54 Å². The molecule has 0 aliphatic heterocycles. The van der Waals surface area contributed by atoms with Gasteiger partial charge in [0.15, 0.2) is 0 Å². The third-order valence-electron chi connectivity index (χ3n) is 2.68. The fraction of sp³-hybridized carbons (Fsp3) is 0.154. The van der Waals surface area contributed by atoms with Crippen LogP contribution in [0.1, 0.15) is 21.5 Å². The van der Waals surface area contributed by atoms with Crippen molar-refractivity contribution in [3.63, 3.8) is 0 Å². The lowest BCUT2D eigenvalue weighted by Gasteiger charge is -2.15. The van der Waals surface area contributed by atoms with E-state index in [1.807, 2.05) is 12.1 Å². The lowest BCUT2D eigenvalue weighted by Crippen LogP contribution is -2.20. The van der Waals surface area contributed by atoms with Crippen LogP contribution in [0.3, 0.4) is 0 Å². The highest BCUT2D eigenvalue weighted by Gasteiger charge is 2.17. The predicted molar refractivity (Wildman–Crippen MR) is 78.8 cm³/mol. The number of thiophene rings is 2. The molecule has 3 rings (SSSR count). The first-order valence-electron chi connectivity index (χ1n) is 5.74. The second-order valence-corrected chi connectivity index (χ2v) is 6.69. The largest absolute Gasteiger partial charge is 0.364 e. The summed E-state index contributed by atoms with van der Waals surface area (Å²) in [5, 5.41) is 9.48. The van der Waals surface area contributed by atoms with Crippen molar-refractivity contribution in [3.8, 4) is 0 Å². The predicted octanol–water partition coefficient (Wildman–Crippen LogP) is 4.33. The Hall–Kier alpha value is -1.14. The van der Waals surface area contributed by atoms with Crippen molar-refractivity contribution in [1.82, 2.24) is 10.5 Å².